The molecule has 0 spiro atoms. The van der Waals surface area contributed by atoms with Crippen LogP contribution in [0.3, 0.4) is 0 Å². The predicted molar refractivity (Wildman–Crippen MR) is 86.8 cm³/mol. The van der Waals surface area contributed by atoms with Gasteiger partial charge in [-0.15, -0.1) is 0 Å². The van der Waals surface area contributed by atoms with Gasteiger partial charge < -0.3 is 10.1 Å². The Kier molecular flexibility index (Phi) is 5.53. The molecule has 1 unspecified atom stereocenters. The number of hydrogen-bond donors (Lipinski definition) is 1. The van der Waals surface area contributed by atoms with Gasteiger partial charge in [0.1, 0.15) is 5.75 Å². The molecule has 4 nitrogen and oxygen atoms in total. The van der Waals surface area contributed by atoms with E-state index in [9.17, 15) is 4.79 Å². The fourth-order valence-electron chi connectivity index (χ4n) is 2.45. The van der Waals surface area contributed by atoms with Gasteiger partial charge in [-0.1, -0.05) is 25.1 Å². The Hall–Kier alpha value is -2.36. The summed E-state index contributed by atoms with van der Waals surface area (Å²) in [5.41, 5.74) is 3.07. The van der Waals surface area contributed by atoms with Crippen molar-refractivity contribution in [3.05, 3.63) is 59.4 Å². The van der Waals surface area contributed by atoms with E-state index in [1.807, 2.05) is 50.2 Å². The summed E-state index contributed by atoms with van der Waals surface area (Å²) in [6.07, 6.45) is 2.19. The molecule has 2 rings (SSSR count). The zero-order valence-electron chi connectivity index (χ0n) is 13.3. The van der Waals surface area contributed by atoms with Gasteiger partial charge in [-0.3, -0.25) is 9.78 Å². The number of carbonyl (C=O) groups excluding carboxylic acids is 1. The summed E-state index contributed by atoms with van der Waals surface area (Å²) >= 11 is 0. The zero-order valence-corrected chi connectivity index (χ0v) is 13.3. The number of hydrogen-bond acceptors (Lipinski definition) is 3. The third-order valence-corrected chi connectivity index (χ3v) is 3.61. The van der Waals surface area contributed by atoms with Crippen molar-refractivity contribution >= 4 is 5.91 Å². The highest BCUT2D eigenvalue weighted by Gasteiger charge is 2.14. The second-order valence-electron chi connectivity index (χ2n) is 5.43. The SMILES string of the molecule is COc1ccccc1C(C)CC(=O)NCc1ccnc(C)c1. The number of para-hydroxylation sites is 1. The number of ether oxygens (including phenoxy) is 1. The maximum atomic E-state index is 12.1. The van der Waals surface area contributed by atoms with Crippen molar-refractivity contribution in [1.29, 1.82) is 0 Å². The third-order valence-electron chi connectivity index (χ3n) is 3.61. The molecule has 0 saturated carbocycles. The summed E-state index contributed by atoms with van der Waals surface area (Å²) in [6.45, 7) is 4.50. The highest BCUT2D eigenvalue weighted by molar-refractivity contribution is 5.77. The number of amides is 1. The van der Waals surface area contributed by atoms with Crippen LogP contribution >= 0.6 is 0 Å². The van der Waals surface area contributed by atoms with E-state index in [1.165, 1.54) is 0 Å². The van der Waals surface area contributed by atoms with E-state index in [0.29, 0.717) is 13.0 Å². The number of benzene rings is 1. The molecule has 22 heavy (non-hydrogen) atoms. The summed E-state index contributed by atoms with van der Waals surface area (Å²) in [5.74, 6) is 0.968. The second kappa shape index (κ2) is 7.59. The highest BCUT2D eigenvalue weighted by atomic mass is 16.5. The van der Waals surface area contributed by atoms with Gasteiger partial charge in [0.05, 0.1) is 7.11 Å². The molecule has 0 saturated heterocycles. The zero-order chi connectivity index (χ0) is 15.9. The third kappa shape index (κ3) is 4.32. The minimum atomic E-state index is 0.0351. The molecule has 0 aliphatic heterocycles. The van der Waals surface area contributed by atoms with Gasteiger partial charge in [-0.25, -0.2) is 0 Å². The molecular weight excluding hydrogens is 276 g/mol. The topological polar surface area (TPSA) is 51.2 Å². The van der Waals surface area contributed by atoms with Gasteiger partial charge in [0.25, 0.3) is 0 Å². The lowest BCUT2D eigenvalue weighted by molar-refractivity contribution is -0.121. The van der Waals surface area contributed by atoms with Crippen LogP contribution in [-0.4, -0.2) is 18.0 Å². The molecule has 1 heterocycles. The van der Waals surface area contributed by atoms with Crippen LogP contribution in [0.15, 0.2) is 42.6 Å². The fraction of sp³-hybridized carbons (Fsp3) is 0.333. The number of aromatic nitrogens is 1. The first-order chi connectivity index (χ1) is 10.6. The Bertz CT molecular complexity index is 640. The quantitative estimate of drug-likeness (QED) is 0.891. The molecule has 1 amide bonds. The Balaban J connectivity index is 1.91. The summed E-state index contributed by atoms with van der Waals surface area (Å²) in [6, 6.07) is 11.7. The maximum absolute atomic E-state index is 12.1. The molecule has 2 aromatic rings. The Morgan fingerprint density at radius 3 is 2.82 bits per heavy atom. The normalized spacial score (nSPS) is 11.8. The van der Waals surface area contributed by atoms with Crippen molar-refractivity contribution in [1.82, 2.24) is 10.3 Å². The first kappa shape index (κ1) is 16.0. The van der Waals surface area contributed by atoms with E-state index in [0.717, 1.165) is 22.6 Å². The Labute approximate surface area is 131 Å². The van der Waals surface area contributed by atoms with Crippen LogP contribution in [0.25, 0.3) is 0 Å². The van der Waals surface area contributed by atoms with E-state index in [1.54, 1.807) is 13.3 Å². The Morgan fingerprint density at radius 2 is 2.09 bits per heavy atom. The monoisotopic (exact) mass is 298 g/mol. The predicted octanol–water partition coefficient (Wildman–Crippen LogP) is 3.21. The lowest BCUT2D eigenvalue weighted by Gasteiger charge is -2.15. The second-order valence-corrected chi connectivity index (χ2v) is 5.43. The van der Waals surface area contributed by atoms with Crippen LogP contribution in [0.1, 0.15) is 36.1 Å². The number of aryl methyl sites for hydroxylation is 1. The van der Waals surface area contributed by atoms with Crippen LogP contribution in [-0.2, 0) is 11.3 Å². The molecule has 0 bridgehead atoms. The van der Waals surface area contributed by atoms with Gasteiger partial charge in [-0.05, 0) is 42.2 Å². The number of nitrogens with zero attached hydrogens (tertiary/aromatic N) is 1. The minimum absolute atomic E-state index is 0.0351. The molecule has 0 fully saturated rings. The Morgan fingerprint density at radius 1 is 1.32 bits per heavy atom. The average Bonchev–Trinajstić information content (AvgIpc) is 2.53. The summed E-state index contributed by atoms with van der Waals surface area (Å²) in [7, 11) is 1.65. The van der Waals surface area contributed by atoms with E-state index in [4.69, 9.17) is 4.74 Å². The van der Waals surface area contributed by atoms with Crippen molar-refractivity contribution in [3.8, 4) is 5.75 Å². The van der Waals surface area contributed by atoms with E-state index >= 15 is 0 Å². The number of methoxy groups -OCH3 is 1. The molecule has 4 heteroatoms. The minimum Gasteiger partial charge on any atom is -0.496 e. The van der Waals surface area contributed by atoms with Crippen molar-refractivity contribution in [3.63, 3.8) is 0 Å². The van der Waals surface area contributed by atoms with Gasteiger partial charge in [-0.2, -0.15) is 0 Å². The lowest BCUT2D eigenvalue weighted by atomic mass is 9.96. The maximum Gasteiger partial charge on any atom is 0.220 e. The smallest absolute Gasteiger partial charge is 0.220 e. The number of nitrogens with one attached hydrogen (secondary N) is 1. The largest absolute Gasteiger partial charge is 0.496 e. The standard InChI is InChI=1S/C18H22N2O2/c1-13(16-6-4-5-7-17(16)22-3)10-18(21)20-12-15-8-9-19-14(2)11-15/h4-9,11,13H,10,12H2,1-3H3,(H,20,21). The number of rotatable bonds is 6. The van der Waals surface area contributed by atoms with Gasteiger partial charge in [0.2, 0.25) is 5.91 Å². The first-order valence-electron chi connectivity index (χ1n) is 7.41. The molecule has 1 atom stereocenters. The average molecular weight is 298 g/mol. The first-order valence-corrected chi connectivity index (χ1v) is 7.41. The van der Waals surface area contributed by atoms with Crippen molar-refractivity contribution in [2.24, 2.45) is 0 Å². The summed E-state index contributed by atoms with van der Waals surface area (Å²) in [4.78, 5) is 16.3. The van der Waals surface area contributed by atoms with Crippen molar-refractivity contribution in [2.75, 3.05) is 7.11 Å². The van der Waals surface area contributed by atoms with Gasteiger partial charge in [0, 0.05) is 24.9 Å². The fourth-order valence-corrected chi connectivity index (χ4v) is 2.45. The molecule has 1 N–H and O–H groups in total. The molecule has 0 aliphatic carbocycles. The number of carbonyl (C=O) groups is 1. The van der Waals surface area contributed by atoms with E-state index in [-0.39, 0.29) is 11.8 Å². The summed E-state index contributed by atoms with van der Waals surface area (Å²) in [5, 5.41) is 2.96. The van der Waals surface area contributed by atoms with Crippen LogP contribution in [0, 0.1) is 6.92 Å². The van der Waals surface area contributed by atoms with Crippen LogP contribution < -0.4 is 10.1 Å². The highest BCUT2D eigenvalue weighted by Crippen LogP contribution is 2.28. The molecule has 1 aromatic carbocycles. The van der Waals surface area contributed by atoms with Gasteiger partial charge >= 0.3 is 0 Å². The lowest BCUT2D eigenvalue weighted by Crippen LogP contribution is -2.24. The van der Waals surface area contributed by atoms with Crippen LogP contribution in [0.2, 0.25) is 0 Å². The number of pyridine rings is 1. The molecule has 0 aliphatic rings. The molecular formula is C18H22N2O2. The molecule has 116 valence electrons. The van der Waals surface area contributed by atoms with Crippen LogP contribution in [0.5, 0.6) is 5.75 Å². The summed E-state index contributed by atoms with van der Waals surface area (Å²) < 4.78 is 5.35. The van der Waals surface area contributed by atoms with E-state index in [2.05, 4.69) is 10.3 Å². The van der Waals surface area contributed by atoms with Crippen molar-refractivity contribution < 1.29 is 9.53 Å². The molecule has 0 radical (unpaired) electrons. The van der Waals surface area contributed by atoms with Crippen molar-refractivity contribution in [2.45, 2.75) is 32.7 Å². The van der Waals surface area contributed by atoms with Gasteiger partial charge in [0.15, 0.2) is 0 Å². The van der Waals surface area contributed by atoms with E-state index < -0.39 is 0 Å². The van der Waals surface area contributed by atoms with Crippen LogP contribution in [0.4, 0.5) is 0 Å². The molecule has 1 aromatic heterocycles.